The van der Waals surface area contributed by atoms with Crippen LogP contribution in [-0.2, 0) is 17.6 Å². The molecule has 0 aliphatic heterocycles. The topological polar surface area (TPSA) is 139 Å². The molecule has 2 aromatic rings. The monoisotopic (exact) mass is 396 g/mol. The molecule has 3 rings (SSSR count). The summed E-state index contributed by atoms with van der Waals surface area (Å²) in [6.07, 6.45) is 4.88. The molecule has 0 atom stereocenters. The summed E-state index contributed by atoms with van der Waals surface area (Å²) in [6, 6.07) is 7.29. The van der Waals surface area contributed by atoms with Gasteiger partial charge < -0.3 is 11.1 Å². The van der Waals surface area contributed by atoms with Crippen molar-refractivity contribution in [3.63, 3.8) is 0 Å². The number of nitro benzene ring substituents is 1. The van der Waals surface area contributed by atoms with Gasteiger partial charge in [0.25, 0.3) is 17.5 Å². The number of nitro groups is 1. The summed E-state index contributed by atoms with van der Waals surface area (Å²) < 4.78 is 0. The third kappa shape index (κ3) is 3.92. The van der Waals surface area contributed by atoms with Gasteiger partial charge in [0, 0.05) is 17.0 Å². The number of anilines is 1. The van der Waals surface area contributed by atoms with Crippen LogP contribution in [0.25, 0.3) is 6.08 Å². The van der Waals surface area contributed by atoms with Gasteiger partial charge in [-0.3, -0.25) is 19.7 Å². The number of carbonyl (C=O) groups is 2. The van der Waals surface area contributed by atoms with Crippen LogP contribution in [0, 0.1) is 21.4 Å². The number of nitriles is 1. The predicted octanol–water partition coefficient (Wildman–Crippen LogP) is 3.18. The first-order valence-electron chi connectivity index (χ1n) is 8.52. The van der Waals surface area contributed by atoms with Gasteiger partial charge in [-0.05, 0) is 55.0 Å². The van der Waals surface area contributed by atoms with E-state index in [1.54, 1.807) is 0 Å². The number of nitrogens with zero attached hydrogens (tertiary/aromatic N) is 2. The number of amides is 2. The molecule has 1 heterocycles. The minimum absolute atomic E-state index is 0.0876. The quantitative estimate of drug-likeness (QED) is 0.346. The van der Waals surface area contributed by atoms with Crippen molar-refractivity contribution >= 4 is 39.9 Å². The van der Waals surface area contributed by atoms with Crippen LogP contribution in [0.2, 0.25) is 0 Å². The van der Waals surface area contributed by atoms with Crippen molar-refractivity contribution in [3.05, 3.63) is 61.5 Å². The van der Waals surface area contributed by atoms with Gasteiger partial charge >= 0.3 is 0 Å². The van der Waals surface area contributed by atoms with E-state index < -0.39 is 16.7 Å². The highest BCUT2D eigenvalue weighted by molar-refractivity contribution is 7.17. The fraction of sp³-hybridized carbons (Fsp3) is 0.211. The number of rotatable bonds is 5. The third-order valence-electron chi connectivity index (χ3n) is 4.42. The lowest BCUT2D eigenvalue weighted by molar-refractivity contribution is -0.384. The number of hydrogen-bond donors (Lipinski definition) is 2. The molecule has 2 amide bonds. The van der Waals surface area contributed by atoms with Gasteiger partial charge in [0.05, 0.1) is 10.5 Å². The van der Waals surface area contributed by atoms with Gasteiger partial charge in [0.2, 0.25) is 0 Å². The highest BCUT2D eigenvalue weighted by Gasteiger charge is 2.25. The molecular weight excluding hydrogens is 380 g/mol. The molecule has 0 radical (unpaired) electrons. The molecule has 1 aliphatic rings. The van der Waals surface area contributed by atoms with Crippen LogP contribution in [-0.4, -0.2) is 16.7 Å². The van der Waals surface area contributed by atoms with Crippen LogP contribution >= 0.6 is 11.3 Å². The van der Waals surface area contributed by atoms with Crippen LogP contribution < -0.4 is 11.1 Å². The number of primary amides is 1. The molecule has 1 aliphatic carbocycles. The summed E-state index contributed by atoms with van der Waals surface area (Å²) in [7, 11) is 0. The number of non-ortho nitro benzene ring substituents is 1. The van der Waals surface area contributed by atoms with E-state index in [0.29, 0.717) is 16.1 Å². The maximum absolute atomic E-state index is 12.6. The number of nitrogens with two attached hydrogens (primary N) is 1. The molecule has 1 aromatic heterocycles. The van der Waals surface area contributed by atoms with Gasteiger partial charge in [-0.25, -0.2) is 0 Å². The van der Waals surface area contributed by atoms with Gasteiger partial charge in [-0.1, -0.05) is 0 Å². The van der Waals surface area contributed by atoms with E-state index in [0.717, 1.165) is 36.1 Å². The van der Waals surface area contributed by atoms with E-state index in [1.807, 2.05) is 6.07 Å². The minimum Gasteiger partial charge on any atom is -0.365 e. The summed E-state index contributed by atoms with van der Waals surface area (Å²) in [6.45, 7) is 0. The Labute approximate surface area is 164 Å². The molecule has 142 valence electrons. The Kier molecular flexibility index (Phi) is 5.52. The van der Waals surface area contributed by atoms with Crippen LogP contribution in [0.5, 0.6) is 0 Å². The van der Waals surface area contributed by atoms with Crippen LogP contribution in [0.3, 0.4) is 0 Å². The summed E-state index contributed by atoms with van der Waals surface area (Å²) >= 11 is 1.31. The molecule has 0 saturated heterocycles. The third-order valence-corrected chi connectivity index (χ3v) is 5.63. The fourth-order valence-corrected chi connectivity index (χ4v) is 4.38. The van der Waals surface area contributed by atoms with E-state index in [-0.39, 0.29) is 11.3 Å². The van der Waals surface area contributed by atoms with Crippen molar-refractivity contribution in [2.24, 2.45) is 5.73 Å². The van der Waals surface area contributed by atoms with Crippen molar-refractivity contribution in [1.82, 2.24) is 0 Å². The molecular formula is C19H16N4O4S. The Hall–Kier alpha value is -3.51. The van der Waals surface area contributed by atoms with Crippen molar-refractivity contribution in [1.29, 1.82) is 5.26 Å². The Morgan fingerprint density at radius 3 is 2.54 bits per heavy atom. The van der Waals surface area contributed by atoms with Gasteiger partial charge in [-0.15, -0.1) is 11.3 Å². The Balaban J connectivity index is 1.87. The maximum Gasteiger partial charge on any atom is 0.269 e. The van der Waals surface area contributed by atoms with E-state index in [4.69, 9.17) is 5.73 Å². The summed E-state index contributed by atoms with van der Waals surface area (Å²) in [5.41, 5.74) is 6.92. The first kappa shape index (κ1) is 19.3. The number of nitrogens with one attached hydrogen (secondary N) is 1. The van der Waals surface area contributed by atoms with Crippen molar-refractivity contribution in [3.8, 4) is 6.07 Å². The van der Waals surface area contributed by atoms with Crippen LogP contribution in [0.1, 0.15) is 39.2 Å². The number of benzene rings is 1. The van der Waals surface area contributed by atoms with Gasteiger partial charge in [0.15, 0.2) is 0 Å². The Morgan fingerprint density at radius 1 is 1.25 bits per heavy atom. The highest BCUT2D eigenvalue weighted by atomic mass is 32.1. The molecule has 0 fully saturated rings. The van der Waals surface area contributed by atoms with Crippen molar-refractivity contribution in [2.45, 2.75) is 25.7 Å². The summed E-state index contributed by atoms with van der Waals surface area (Å²) in [4.78, 5) is 35.7. The first-order chi connectivity index (χ1) is 13.4. The van der Waals surface area contributed by atoms with Gasteiger partial charge in [0.1, 0.15) is 16.6 Å². The zero-order valence-corrected chi connectivity index (χ0v) is 15.5. The number of hydrogen-bond acceptors (Lipinski definition) is 6. The molecule has 9 heteroatoms. The molecule has 0 bridgehead atoms. The average Bonchev–Trinajstić information content (AvgIpc) is 3.04. The Bertz CT molecular complexity index is 1030. The largest absolute Gasteiger partial charge is 0.365 e. The molecule has 3 N–H and O–H groups in total. The number of carbonyl (C=O) groups excluding carboxylic acids is 2. The number of fused-ring (bicyclic) bond motifs is 1. The van der Waals surface area contributed by atoms with E-state index in [2.05, 4.69) is 5.32 Å². The standard InChI is InChI=1S/C19H16N4O4S/c20-10-12(9-11-5-7-13(8-6-11)23(26)27)18(25)22-19-16(17(21)24)14-3-1-2-4-15(14)28-19/h5-9H,1-4H2,(H2,21,24)(H,22,25). The highest BCUT2D eigenvalue weighted by Crippen LogP contribution is 2.38. The summed E-state index contributed by atoms with van der Waals surface area (Å²) in [5.74, 6) is -1.27. The lowest BCUT2D eigenvalue weighted by Gasteiger charge is -2.11. The average molecular weight is 396 g/mol. The number of aryl methyl sites for hydroxylation is 1. The smallest absolute Gasteiger partial charge is 0.269 e. The lowest BCUT2D eigenvalue weighted by Crippen LogP contribution is -2.19. The van der Waals surface area contributed by atoms with Crippen molar-refractivity contribution in [2.75, 3.05) is 5.32 Å². The molecule has 0 saturated carbocycles. The molecule has 8 nitrogen and oxygen atoms in total. The molecule has 28 heavy (non-hydrogen) atoms. The maximum atomic E-state index is 12.6. The first-order valence-corrected chi connectivity index (χ1v) is 9.34. The van der Waals surface area contributed by atoms with Crippen LogP contribution in [0.15, 0.2) is 29.8 Å². The predicted molar refractivity (Wildman–Crippen MR) is 105 cm³/mol. The summed E-state index contributed by atoms with van der Waals surface area (Å²) in [5, 5.41) is 23.0. The van der Waals surface area contributed by atoms with Crippen LogP contribution in [0.4, 0.5) is 10.7 Å². The van der Waals surface area contributed by atoms with E-state index in [9.17, 15) is 25.0 Å². The molecule has 1 aromatic carbocycles. The minimum atomic E-state index is -0.665. The SMILES string of the molecule is N#CC(=Cc1ccc([N+](=O)[O-])cc1)C(=O)Nc1sc2c(c1C(N)=O)CCCC2. The molecule has 0 spiro atoms. The zero-order chi connectivity index (χ0) is 20.3. The second-order valence-corrected chi connectivity index (χ2v) is 7.36. The molecule has 0 unspecified atom stereocenters. The second-order valence-electron chi connectivity index (χ2n) is 6.25. The normalized spacial score (nSPS) is 13.3. The Morgan fingerprint density at radius 2 is 1.93 bits per heavy atom. The van der Waals surface area contributed by atoms with E-state index in [1.165, 1.54) is 41.7 Å². The van der Waals surface area contributed by atoms with Gasteiger partial charge in [-0.2, -0.15) is 5.26 Å². The zero-order valence-electron chi connectivity index (χ0n) is 14.7. The van der Waals surface area contributed by atoms with Crippen molar-refractivity contribution < 1.29 is 14.5 Å². The second kappa shape index (κ2) is 8.02. The van der Waals surface area contributed by atoms with E-state index >= 15 is 0 Å². The fourth-order valence-electron chi connectivity index (χ4n) is 3.09. The lowest BCUT2D eigenvalue weighted by atomic mass is 9.95. The number of thiophene rings is 1.